The number of hydrogen-bond acceptors (Lipinski definition) is 3. The summed E-state index contributed by atoms with van der Waals surface area (Å²) >= 11 is 0. The predicted octanol–water partition coefficient (Wildman–Crippen LogP) is 5.12. The molecule has 0 aromatic heterocycles. The highest BCUT2D eigenvalue weighted by Crippen LogP contribution is 2.07. The quantitative estimate of drug-likeness (QED) is 0.435. The lowest BCUT2D eigenvalue weighted by atomic mass is 10.1. The molecule has 2 unspecified atom stereocenters. The average Bonchev–Trinajstić information content (AvgIpc) is 2.37. The molecule has 0 bridgehead atoms. The normalized spacial score (nSPS) is 14.9. The molecular weight excluding hydrogens is 252 g/mol. The van der Waals surface area contributed by atoms with E-state index in [-0.39, 0.29) is 12.7 Å². The first-order chi connectivity index (χ1) is 9.47. The molecule has 0 aromatic carbocycles. The Morgan fingerprint density at radius 1 is 1.10 bits per heavy atom. The lowest BCUT2D eigenvalue weighted by molar-refractivity contribution is 0.0203. The van der Waals surface area contributed by atoms with E-state index in [1.165, 1.54) is 12.8 Å². The van der Waals surface area contributed by atoms with Crippen LogP contribution in [0.4, 0.5) is 4.79 Å². The third-order valence-electron chi connectivity index (χ3n) is 3.17. The fourth-order valence-electron chi connectivity index (χ4n) is 1.54. The molecule has 0 radical (unpaired) electrons. The topological polar surface area (TPSA) is 35.5 Å². The molecule has 0 saturated heterocycles. The van der Waals surface area contributed by atoms with Crippen LogP contribution in [0, 0.1) is 11.8 Å². The fraction of sp³-hybridized carbons (Fsp3) is 0.706. The van der Waals surface area contributed by atoms with E-state index in [9.17, 15) is 4.79 Å². The molecule has 0 aliphatic heterocycles. The van der Waals surface area contributed by atoms with E-state index < -0.39 is 6.16 Å². The van der Waals surface area contributed by atoms with E-state index in [1.54, 1.807) is 0 Å². The van der Waals surface area contributed by atoms with E-state index in [0.717, 1.165) is 6.42 Å². The van der Waals surface area contributed by atoms with Crippen LogP contribution in [-0.2, 0) is 9.47 Å². The Kier molecular flexibility index (Phi) is 10.8. The summed E-state index contributed by atoms with van der Waals surface area (Å²) in [5.41, 5.74) is 0. The van der Waals surface area contributed by atoms with Crippen LogP contribution < -0.4 is 0 Å². The van der Waals surface area contributed by atoms with Crippen LogP contribution >= 0.6 is 0 Å². The Balaban J connectivity index is 3.69. The molecule has 2 atom stereocenters. The molecule has 0 fully saturated rings. The molecular formula is C17H30O3. The summed E-state index contributed by atoms with van der Waals surface area (Å²) in [4.78, 5) is 11.3. The third-order valence-corrected chi connectivity index (χ3v) is 3.17. The van der Waals surface area contributed by atoms with Gasteiger partial charge in [-0.15, -0.1) is 0 Å². The molecule has 0 N–H and O–H groups in total. The molecule has 0 heterocycles. The molecule has 3 heteroatoms. The summed E-state index contributed by atoms with van der Waals surface area (Å²) in [7, 11) is 0. The summed E-state index contributed by atoms with van der Waals surface area (Å²) in [6.07, 6.45) is 10.8. The lowest BCUT2D eigenvalue weighted by Gasteiger charge is -2.15. The summed E-state index contributed by atoms with van der Waals surface area (Å²) in [5.74, 6) is 0.936. The van der Waals surface area contributed by atoms with E-state index in [2.05, 4.69) is 26.0 Å². The second kappa shape index (κ2) is 11.6. The van der Waals surface area contributed by atoms with Crippen LogP contribution in [0.25, 0.3) is 0 Å². The Labute approximate surface area is 124 Å². The molecule has 20 heavy (non-hydrogen) atoms. The van der Waals surface area contributed by atoms with Crippen molar-refractivity contribution in [3.8, 4) is 0 Å². The Morgan fingerprint density at radius 3 is 2.40 bits per heavy atom. The first-order valence-electron chi connectivity index (χ1n) is 7.62. The molecule has 3 nitrogen and oxygen atoms in total. The van der Waals surface area contributed by atoms with Crippen molar-refractivity contribution in [2.45, 2.75) is 60.0 Å². The maximum Gasteiger partial charge on any atom is 0.508 e. The first-order valence-corrected chi connectivity index (χ1v) is 7.62. The Hall–Kier alpha value is -1.25. The highest BCUT2D eigenvalue weighted by atomic mass is 16.7. The van der Waals surface area contributed by atoms with Crippen molar-refractivity contribution in [1.82, 2.24) is 0 Å². The maximum atomic E-state index is 11.3. The first kappa shape index (κ1) is 18.8. The minimum Gasteiger partial charge on any atom is -0.431 e. The summed E-state index contributed by atoms with van der Waals surface area (Å²) in [5, 5.41) is 0. The van der Waals surface area contributed by atoms with Crippen molar-refractivity contribution in [3.63, 3.8) is 0 Å². The predicted molar refractivity (Wildman–Crippen MR) is 83.7 cm³/mol. The smallest absolute Gasteiger partial charge is 0.431 e. The number of ether oxygens (including phenoxy) is 2. The standard InChI is InChI=1S/C17H30O3/c1-6-11-15(4)12-9-7-8-10-13-19-17(18)20-16(5)14(2)3/h8-10,12,14-16H,6-7,11,13H2,1-5H3/b10-8-,12-9-. The van der Waals surface area contributed by atoms with Gasteiger partial charge in [-0.25, -0.2) is 4.79 Å². The number of allylic oxidation sites excluding steroid dienone is 3. The number of carbonyl (C=O) groups is 1. The van der Waals surface area contributed by atoms with Crippen LogP contribution in [0.3, 0.4) is 0 Å². The van der Waals surface area contributed by atoms with Gasteiger partial charge in [-0.2, -0.15) is 0 Å². The number of carbonyl (C=O) groups excluding carboxylic acids is 1. The van der Waals surface area contributed by atoms with Gasteiger partial charge in [-0.1, -0.05) is 58.4 Å². The fourth-order valence-corrected chi connectivity index (χ4v) is 1.54. The van der Waals surface area contributed by atoms with Crippen LogP contribution in [0.15, 0.2) is 24.3 Å². The van der Waals surface area contributed by atoms with Crippen molar-refractivity contribution in [2.75, 3.05) is 6.61 Å². The van der Waals surface area contributed by atoms with Crippen LogP contribution in [0.2, 0.25) is 0 Å². The van der Waals surface area contributed by atoms with Crippen molar-refractivity contribution < 1.29 is 14.3 Å². The van der Waals surface area contributed by atoms with Gasteiger partial charge in [0.15, 0.2) is 0 Å². The molecule has 0 amide bonds. The summed E-state index contributed by atoms with van der Waals surface area (Å²) < 4.78 is 10.0. The maximum absolute atomic E-state index is 11.3. The van der Waals surface area contributed by atoms with Crippen molar-refractivity contribution in [2.24, 2.45) is 11.8 Å². The van der Waals surface area contributed by atoms with Gasteiger partial charge < -0.3 is 9.47 Å². The van der Waals surface area contributed by atoms with Crippen LogP contribution in [0.5, 0.6) is 0 Å². The van der Waals surface area contributed by atoms with E-state index in [0.29, 0.717) is 11.8 Å². The summed E-state index contributed by atoms with van der Waals surface area (Å²) in [6.45, 7) is 10.6. The van der Waals surface area contributed by atoms with E-state index >= 15 is 0 Å². The zero-order chi connectivity index (χ0) is 15.4. The molecule has 0 aromatic rings. The van der Waals surface area contributed by atoms with Gasteiger partial charge in [-0.3, -0.25) is 0 Å². The Morgan fingerprint density at radius 2 is 1.80 bits per heavy atom. The third kappa shape index (κ3) is 10.7. The summed E-state index contributed by atoms with van der Waals surface area (Å²) in [6, 6.07) is 0. The zero-order valence-electron chi connectivity index (χ0n) is 13.6. The Bertz CT molecular complexity index is 305. The van der Waals surface area contributed by atoms with E-state index in [4.69, 9.17) is 9.47 Å². The molecule has 0 saturated carbocycles. The van der Waals surface area contributed by atoms with Gasteiger partial charge >= 0.3 is 6.16 Å². The number of rotatable bonds is 9. The molecule has 0 rings (SSSR count). The minimum absolute atomic E-state index is 0.116. The molecule has 0 aliphatic rings. The second-order valence-corrected chi connectivity index (χ2v) is 5.53. The van der Waals surface area contributed by atoms with Gasteiger partial charge in [0.05, 0.1) is 0 Å². The highest BCUT2D eigenvalue weighted by molar-refractivity contribution is 5.60. The zero-order valence-corrected chi connectivity index (χ0v) is 13.6. The van der Waals surface area contributed by atoms with Crippen LogP contribution in [-0.4, -0.2) is 18.9 Å². The van der Waals surface area contributed by atoms with Crippen LogP contribution in [0.1, 0.15) is 53.9 Å². The van der Waals surface area contributed by atoms with Gasteiger partial charge in [0, 0.05) is 0 Å². The van der Waals surface area contributed by atoms with Crippen molar-refractivity contribution in [1.29, 1.82) is 0 Å². The lowest BCUT2D eigenvalue weighted by Crippen LogP contribution is -2.20. The second-order valence-electron chi connectivity index (χ2n) is 5.53. The number of hydrogen-bond donors (Lipinski definition) is 0. The van der Waals surface area contributed by atoms with Gasteiger partial charge in [0.25, 0.3) is 0 Å². The average molecular weight is 282 g/mol. The monoisotopic (exact) mass is 282 g/mol. The molecule has 116 valence electrons. The highest BCUT2D eigenvalue weighted by Gasteiger charge is 2.13. The SMILES string of the molecule is CCCC(C)/C=C\C/C=C\COC(=O)OC(C)C(C)C. The molecule has 0 aliphatic carbocycles. The van der Waals surface area contributed by atoms with Crippen molar-refractivity contribution in [3.05, 3.63) is 24.3 Å². The minimum atomic E-state index is -0.594. The molecule has 0 spiro atoms. The van der Waals surface area contributed by atoms with Gasteiger partial charge in [-0.05, 0) is 31.6 Å². The van der Waals surface area contributed by atoms with Crippen molar-refractivity contribution >= 4 is 6.16 Å². The van der Waals surface area contributed by atoms with Gasteiger partial charge in [0.1, 0.15) is 12.7 Å². The van der Waals surface area contributed by atoms with Gasteiger partial charge in [0.2, 0.25) is 0 Å². The largest absolute Gasteiger partial charge is 0.508 e. The van der Waals surface area contributed by atoms with E-state index in [1.807, 2.05) is 32.9 Å².